The number of sulfonamides is 1. The zero-order valence-corrected chi connectivity index (χ0v) is 14.8. The molecule has 3 rings (SSSR count). The lowest BCUT2D eigenvalue weighted by Gasteiger charge is -2.26. The predicted octanol–water partition coefficient (Wildman–Crippen LogP) is -0.240. The molecule has 9 heteroatoms. The summed E-state index contributed by atoms with van der Waals surface area (Å²) in [5.41, 5.74) is 1.33. The number of hydrogen-bond donors (Lipinski definition) is 0. The van der Waals surface area contributed by atoms with Crippen molar-refractivity contribution in [1.29, 1.82) is 0 Å². The molecule has 1 aliphatic rings. The number of carbonyl (C=O) groups excluding carboxylic acids is 1. The van der Waals surface area contributed by atoms with Crippen molar-refractivity contribution < 1.29 is 23.1 Å². The summed E-state index contributed by atoms with van der Waals surface area (Å²) in [7, 11) is -3.59. The summed E-state index contributed by atoms with van der Waals surface area (Å²) in [4.78, 5) is 15.3. The van der Waals surface area contributed by atoms with Crippen molar-refractivity contribution in [1.82, 2.24) is 13.9 Å². The van der Waals surface area contributed by atoms with Gasteiger partial charge in [0.2, 0.25) is 10.0 Å². The number of nitrogens with zero attached hydrogens (tertiary/aromatic N) is 3. The lowest BCUT2D eigenvalue weighted by molar-refractivity contribution is -0.305. The minimum absolute atomic E-state index is 0.123. The van der Waals surface area contributed by atoms with Crippen LogP contribution in [-0.2, 0) is 32.5 Å². The average Bonchev–Trinajstić information content (AvgIpc) is 2.97. The number of rotatable bonds is 6. The Labute approximate surface area is 146 Å². The average molecular weight is 366 g/mol. The van der Waals surface area contributed by atoms with E-state index in [0.29, 0.717) is 44.2 Å². The molecule has 0 bridgehead atoms. The van der Waals surface area contributed by atoms with E-state index in [1.54, 1.807) is 18.2 Å². The Morgan fingerprint density at radius 1 is 1.32 bits per heavy atom. The van der Waals surface area contributed by atoms with Crippen LogP contribution in [0.1, 0.15) is 19.2 Å². The minimum atomic E-state index is -3.59. The van der Waals surface area contributed by atoms with Crippen molar-refractivity contribution in [3.63, 3.8) is 0 Å². The van der Waals surface area contributed by atoms with Gasteiger partial charge in [-0.05, 0) is 31.5 Å². The molecule has 8 nitrogen and oxygen atoms in total. The van der Waals surface area contributed by atoms with Crippen molar-refractivity contribution in [2.45, 2.75) is 31.2 Å². The molecule has 0 unspecified atom stereocenters. The Morgan fingerprint density at radius 3 is 2.68 bits per heavy atom. The Balaban J connectivity index is 1.98. The van der Waals surface area contributed by atoms with Crippen molar-refractivity contribution in [3.05, 3.63) is 24.0 Å². The molecule has 136 valence electrons. The zero-order valence-electron chi connectivity index (χ0n) is 14.0. The Morgan fingerprint density at radius 2 is 2.04 bits per heavy atom. The van der Waals surface area contributed by atoms with E-state index in [9.17, 15) is 18.3 Å². The van der Waals surface area contributed by atoms with Gasteiger partial charge in [-0.2, -0.15) is 4.31 Å². The molecule has 0 atom stereocenters. The summed E-state index contributed by atoms with van der Waals surface area (Å²) >= 11 is 0. The van der Waals surface area contributed by atoms with Gasteiger partial charge in [0, 0.05) is 32.0 Å². The van der Waals surface area contributed by atoms with Gasteiger partial charge in [0.25, 0.3) is 0 Å². The standard InChI is InChI=1S/C16H21N3O5S/c1-2-19-14-4-3-12(25(22,23)18-7-9-24-10-8-18)11-13(14)17-15(19)5-6-16(20)21/h3-4,11H,2,5-10H2,1H3,(H,20,21)/p-1. The third-order valence-corrected chi connectivity index (χ3v) is 6.17. The summed E-state index contributed by atoms with van der Waals surface area (Å²) < 4.78 is 34.0. The fraction of sp³-hybridized carbons (Fsp3) is 0.500. The zero-order chi connectivity index (χ0) is 18.0. The number of aliphatic carboxylic acids is 1. The van der Waals surface area contributed by atoms with Gasteiger partial charge in [-0.25, -0.2) is 13.4 Å². The van der Waals surface area contributed by atoms with Gasteiger partial charge in [0.05, 0.1) is 29.1 Å². The highest BCUT2D eigenvalue weighted by Gasteiger charge is 2.27. The number of ether oxygens (including phenoxy) is 1. The van der Waals surface area contributed by atoms with E-state index in [1.807, 2.05) is 11.5 Å². The van der Waals surface area contributed by atoms with Gasteiger partial charge < -0.3 is 19.2 Å². The second kappa shape index (κ2) is 7.11. The molecule has 1 fully saturated rings. The van der Waals surface area contributed by atoms with Crippen molar-refractivity contribution in [2.75, 3.05) is 26.3 Å². The van der Waals surface area contributed by atoms with Crippen LogP contribution in [0.15, 0.2) is 23.1 Å². The van der Waals surface area contributed by atoms with Crippen LogP contribution in [0.2, 0.25) is 0 Å². The Kier molecular flexibility index (Phi) is 5.07. The molecule has 0 amide bonds. The highest BCUT2D eigenvalue weighted by Crippen LogP contribution is 2.24. The van der Waals surface area contributed by atoms with Crippen LogP contribution in [0.3, 0.4) is 0 Å². The number of aromatic nitrogens is 2. The first-order valence-corrected chi connectivity index (χ1v) is 9.64. The second-order valence-corrected chi connectivity index (χ2v) is 7.75. The largest absolute Gasteiger partial charge is 0.550 e. The van der Waals surface area contributed by atoms with Crippen molar-refractivity contribution >= 4 is 27.0 Å². The molecule has 0 spiro atoms. The number of carboxylic acid groups (broad SMARTS) is 1. The van der Waals surface area contributed by atoms with Crippen LogP contribution in [0, 0.1) is 0 Å². The van der Waals surface area contributed by atoms with E-state index in [2.05, 4.69) is 4.98 Å². The first-order valence-electron chi connectivity index (χ1n) is 8.20. The lowest BCUT2D eigenvalue weighted by atomic mass is 10.3. The molecule has 1 aliphatic heterocycles. The lowest BCUT2D eigenvalue weighted by Crippen LogP contribution is -2.40. The van der Waals surface area contributed by atoms with Gasteiger partial charge in [-0.3, -0.25) is 0 Å². The van der Waals surface area contributed by atoms with Crippen LogP contribution in [0.25, 0.3) is 11.0 Å². The molecule has 1 aromatic carbocycles. The molecule has 2 heterocycles. The first kappa shape index (κ1) is 17.8. The van der Waals surface area contributed by atoms with E-state index >= 15 is 0 Å². The third-order valence-electron chi connectivity index (χ3n) is 4.28. The van der Waals surface area contributed by atoms with E-state index in [1.165, 1.54) is 4.31 Å². The Hall–Kier alpha value is -1.97. The van der Waals surface area contributed by atoms with Crippen LogP contribution in [-0.4, -0.2) is 54.5 Å². The number of morpholine rings is 1. The van der Waals surface area contributed by atoms with Crippen LogP contribution < -0.4 is 5.11 Å². The van der Waals surface area contributed by atoms with Gasteiger partial charge in [0.1, 0.15) is 5.82 Å². The number of fused-ring (bicyclic) bond motifs is 1. The fourth-order valence-electron chi connectivity index (χ4n) is 3.01. The number of hydrogen-bond acceptors (Lipinski definition) is 6. The van der Waals surface area contributed by atoms with Crippen LogP contribution in [0.4, 0.5) is 0 Å². The fourth-order valence-corrected chi connectivity index (χ4v) is 4.44. The predicted molar refractivity (Wildman–Crippen MR) is 88.3 cm³/mol. The maximum Gasteiger partial charge on any atom is 0.243 e. The number of aryl methyl sites for hydroxylation is 2. The highest BCUT2D eigenvalue weighted by molar-refractivity contribution is 7.89. The van der Waals surface area contributed by atoms with Gasteiger partial charge >= 0.3 is 0 Å². The van der Waals surface area contributed by atoms with E-state index in [0.717, 1.165) is 5.52 Å². The molecular weight excluding hydrogens is 346 g/mol. The quantitative estimate of drug-likeness (QED) is 0.699. The van der Waals surface area contributed by atoms with Gasteiger partial charge in [-0.15, -0.1) is 0 Å². The van der Waals surface area contributed by atoms with Crippen molar-refractivity contribution in [3.8, 4) is 0 Å². The summed E-state index contributed by atoms with van der Waals surface area (Å²) in [6, 6.07) is 4.85. The normalized spacial score (nSPS) is 16.4. The van der Waals surface area contributed by atoms with Gasteiger partial charge in [0.15, 0.2) is 0 Å². The van der Waals surface area contributed by atoms with Crippen molar-refractivity contribution in [2.24, 2.45) is 0 Å². The molecule has 0 radical (unpaired) electrons. The molecule has 25 heavy (non-hydrogen) atoms. The maximum atomic E-state index is 12.8. The third kappa shape index (κ3) is 3.53. The number of benzene rings is 1. The first-order chi connectivity index (χ1) is 11.9. The molecule has 1 aromatic heterocycles. The maximum absolute atomic E-state index is 12.8. The monoisotopic (exact) mass is 366 g/mol. The highest BCUT2D eigenvalue weighted by atomic mass is 32.2. The smallest absolute Gasteiger partial charge is 0.243 e. The number of imidazole rings is 1. The minimum Gasteiger partial charge on any atom is -0.550 e. The molecule has 1 saturated heterocycles. The molecular formula is C16H20N3O5S-. The van der Waals surface area contributed by atoms with E-state index < -0.39 is 16.0 Å². The van der Waals surface area contributed by atoms with Crippen LogP contribution >= 0.6 is 0 Å². The summed E-state index contributed by atoms with van der Waals surface area (Å²) in [6.07, 6.45) is 0.124. The molecule has 0 aliphatic carbocycles. The van der Waals surface area contributed by atoms with Crippen LogP contribution in [0.5, 0.6) is 0 Å². The number of carbonyl (C=O) groups is 1. The van der Waals surface area contributed by atoms with E-state index in [4.69, 9.17) is 4.74 Å². The second-order valence-electron chi connectivity index (χ2n) is 5.81. The molecule has 2 aromatic rings. The topological polar surface area (TPSA) is 105 Å². The summed E-state index contributed by atoms with van der Waals surface area (Å²) in [5, 5.41) is 10.7. The summed E-state index contributed by atoms with van der Waals surface area (Å²) in [5.74, 6) is -0.520. The summed E-state index contributed by atoms with van der Waals surface area (Å²) in [6.45, 7) is 4.00. The van der Waals surface area contributed by atoms with Gasteiger partial charge in [-0.1, -0.05) is 0 Å². The Bertz CT molecular complexity index is 885. The number of carboxylic acids is 1. The molecule has 0 saturated carbocycles. The SMILES string of the molecule is CCn1c(CCC(=O)[O-])nc2cc(S(=O)(=O)N3CCOCC3)ccc21. The molecule has 0 N–H and O–H groups in total. The van der Waals surface area contributed by atoms with E-state index in [-0.39, 0.29) is 17.7 Å².